The third-order valence-electron chi connectivity index (χ3n) is 2.30. The number of hydrogen-bond donors (Lipinski definition) is 1. The smallest absolute Gasteiger partial charge is 0.323 e. The molecule has 3 atom stereocenters. The highest BCUT2D eigenvalue weighted by atomic mass is 16.5. The molecular weight excluding hydrogens is 154 g/mol. The van der Waals surface area contributed by atoms with Gasteiger partial charge in [0.1, 0.15) is 6.04 Å². The Morgan fingerprint density at radius 2 is 2.25 bits per heavy atom. The van der Waals surface area contributed by atoms with E-state index in [0.29, 0.717) is 18.6 Å². The normalized spacial score (nSPS) is 35.1. The predicted molar refractivity (Wildman–Crippen MR) is 46.8 cm³/mol. The van der Waals surface area contributed by atoms with E-state index in [-0.39, 0.29) is 12.0 Å². The lowest BCUT2D eigenvalue weighted by molar-refractivity contribution is -0.146. The highest BCUT2D eigenvalue weighted by molar-refractivity contribution is 5.76. The fourth-order valence-electron chi connectivity index (χ4n) is 1.76. The van der Waals surface area contributed by atoms with Crippen LogP contribution in [0.1, 0.15) is 27.2 Å². The first-order valence-corrected chi connectivity index (χ1v) is 4.57. The van der Waals surface area contributed by atoms with E-state index in [9.17, 15) is 4.79 Å². The van der Waals surface area contributed by atoms with Crippen LogP contribution in [0.2, 0.25) is 0 Å². The number of ether oxygens (including phenoxy) is 1. The number of carbonyl (C=O) groups excluding carboxylic acids is 1. The molecule has 1 rings (SSSR count). The van der Waals surface area contributed by atoms with E-state index in [1.54, 1.807) is 0 Å². The molecule has 70 valence electrons. The Hall–Kier alpha value is -0.570. The molecule has 3 heteroatoms. The average Bonchev–Trinajstić information content (AvgIpc) is 2.30. The average molecular weight is 171 g/mol. The van der Waals surface area contributed by atoms with Crippen LogP contribution in [0.5, 0.6) is 0 Å². The van der Waals surface area contributed by atoms with Crippen molar-refractivity contribution in [2.75, 3.05) is 6.61 Å². The summed E-state index contributed by atoms with van der Waals surface area (Å²) in [5.41, 5.74) is 0. The molecule has 0 amide bonds. The van der Waals surface area contributed by atoms with E-state index in [4.69, 9.17) is 4.74 Å². The van der Waals surface area contributed by atoms with Crippen LogP contribution in [-0.4, -0.2) is 24.7 Å². The van der Waals surface area contributed by atoms with Gasteiger partial charge in [-0.05, 0) is 26.2 Å². The maximum atomic E-state index is 11.3. The molecule has 0 spiro atoms. The van der Waals surface area contributed by atoms with Gasteiger partial charge in [-0.3, -0.25) is 4.79 Å². The van der Waals surface area contributed by atoms with Gasteiger partial charge in [0.2, 0.25) is 0 Å². The third-order valence-corrected chi connectivity index (χ3v) is 2.30. The summed E-state index contributed by atoms with van der Waals surface area (Å²) in [6, 6.07) is 0.356. The lowest BCUT2D eigenvalue weighted by atomic mass is 10.0. The number of esters is 1. The van der Waals surface area contributed by atoms with Crippen molar-refractivity contribution in [3.63, 3.8) is 0 Å². The van der Waals surface area contributed by atoms with Gasteiger partial charge >= 0.3 is 5.97 Å². The Balaban J connectivity index is 2.46. The summed E-state index contributed by atoms with van der Waals surface area (Å²) >= 11 is 0. The monoisotopic (exact) mass is 171 g/mol. The molecule has 0 aliphatic carbocycles. The summed E-state index contributed by atoms with van der Waals surface area (Å²) < 4.78 is 4.94. The van der Waals surface area contributed by atoms with Crippen LogP contribution >= 0.6 is 0 Å². The molecule has 1 N–H and O–H groups in total. The molecule has 1 saturated heterocycles. The quantitative estimate of drug-likeness (QED) is 0.628. The zero-order valence-electron chi connectivity index (χ0n) is 7.96. The van der Waals surface area contributed by atoms with Crippen LogP contribution in [0, 0.1) is 5.92 Å². The molecule has 0 saturated carbocycles. The molecule has 0 aromatic carbocycles. The first-order valence-electron chi connectivity index (χ1n) is 4.57. The van der Waals surface area contributed by atoms with Gasteiger partial charge in [-0.2, -0.15) is 0 Å². The van der Waals surface area contributed by atoms with Crippen LogP contribution in [0.3, 0.4) is 0 Å². The van der Waals surface area contributed by atoms with Gasteiger partial charge in [0.05, 0.1) is 6.61 Å². The molecule has 1 aliphatic rings. The number of hydrogen-bond acceptors (Lipinski definition) is 3. The summed E-state index contributed by atoms with van der Waals surface area (Å²) in [5.74, 6) is 0.299. The standard InChI is InChI=1S/C9H17NO2/c1-4-12-9(11)8-6(2)5-7(3)10-8/h6-8,10H,4-5H2,1-3H3. The van der Waals surface area contributed by atoms with Crippen LogP contribution in [0.15, 0.2) is 0 Å². The van der Waals surface area contributed by atoms with E-state index in [1.165, 1.54) is 0 Å². The second-order valence-electron chi connectivity index (χ2n) is 3.51. The fourth-order valence-corrected chi connectivity index (χ4v) is 1.76. The first-order chi connectivity index (χ1) is 5.65. The number of nitrogens with one attached hydrogen (secondary N) is 1. The van der Waals surface area contributed by atoms with E-state index in [2.05, 4.69) is 19.2 Å². The second-order valence-corrected chi connectivity index (χ2v) is 3.51. The van der Waals surface area contributed by atoms with Crippen molar-refractivity contribution in [3.05, 3.63) is 0 Å². The molecule has 0 radical (unpaired) electrons. The first kappa shape index (κ1) is 9.52. The molecule has 1 fully saturated rings. The van der Waals surface area contributed by atoms with Crippen molar-refractivity contribution in [2.45, 2.75) is 39.3 Å². The summed E-state index contributed by atoms with van der Waals surface area (Å²) in [6.07, 6.45) is 1.06. The summed E-state index contributed by atoms with van der Waals surface area (Å²) in [6.45, 7) is 6.48. The SMILES string of the molecule is CCOC(=O)C1NC(C)CC1C. The highest BCUT2D eigenvalue weighted by Crippen LogP contribution is 2.20. The van der Waals surface area contributed by atoms with Gasteiger partial charge < -0.3 is 10.1 Å². The van der Waals surface area contributed by atoms with Gasteiger partial charge in [-0.1, -0.05) is 6.92 Å². The fraction of sp³-hybridized carbons (Fsp3) is 0.889. The van der Waals surface area contributed by atoms with Gasteiger partial charge in [-0.15, -0.1) is 0 Å². The van der Waals surface area contributed by atoms with E-state index in [1.807, 2.05) is 6.92 Å². The highest BCUT2D eigenvalue weighted by Gasteiger charge is 2.34. The summed E-state index contributed by atoms with van der Waals surface area (Å²) in [7, 11) is 0. The predicted octanol–water partition coefficient (Wildman–Crippen LogP) is 0.936. The van der Waals surface area contributed by atoms with Gasteiger partial charge in [0.25, 0.3) is 0 Å². The molecular formula is C9H17NO2. The molecule has 0 aromatic rings. The van der Waals surface area contributed by atoms with Crippen molar-refractivity contribution < 1.29 is 9.53 Å². The zero-order valence-corrected chi connectivity index (χ0v) is 7.96. The van der Waals surface area contributed by atoms with Gasteiger partial charge in [-0.25, -0.2) is 0 Å². The maximum Gasteiger partial charge on any atom is 0.323 e. The van der Waals surface area contributed by atoms with Crippen LogP contribution in [0.4, 0.5) is 0 Å². The van der Waals surface area contributed by atoms with E-state index in [0.717, 1.165) is 6.42 Å². The summed E-state index contributed by atoms with van der Waals surface area (Å²) in [5, 5.41) is 3.21. The van der Waals surface area contributed by atoms with Gasteiger partial charge in [0, 0.05) is 6.04 Å². The maximum absolute atomic E-state index is 11.3. The molecule has 0 bridgehead atoms. The molecule has 12 heavy (non-hydrogen) atoms. The topological polar surface area (TPSA) is 38.3 Å². The van der Waals surface area contributed by atoms with Crippen molar-refractivity contribution >= 4 is 5.97 Å². The van der Waals surface area contributed by atoms with Gasteiger partial charge in [0.15, 0.2) is 0 Å². The summed E-state index contributed by atoms with van der Waals surface area (Å²) in [4.78, 5) is 11.3. The minimum atomic E-state index is -0.102. The minimum Gasteiger partial charge on any atom is -0.465 e. The Morgan fingerprint density at radius 3 is 2.67 bits per heavy atom. The largest absolute Gasteiger partial charge is 0.465 e. The minimum absolute atomic E-state index is 0.0834. The molecule has 1 aliphatic heterocycles. The lowest BCUT2D eigenvalue weighted by Crippen LogP contribution is -2.38. The van der Waals surface area contributed by atoms with Crippen molar-refractivity contribution in [3.8, 4) is 0 Å². The molecule has 3 nitrogen and oxygen atoms in total. The van der Waals surface area contributed by atoms with Crippen molar-refractivity contribution in [1.29, 1.82) is 0 Å². The second kappa shape index (κ2) is 3.90. The lowest BCUT2D eigenvalue weighted by Gasteiger charge is -2.13. The zero-order chi connectivity index (χ0) is 9.14. The van der Waals surface area contributed by atoms with Crippen LogP contribution in [-0.2, 0) is 9.53 Å². The number of carbonyl (C=O) groups is 1. The Labute approximate surface area is 73.5 Å². The Bertz CT molecular complexity index is 170. The molecule has 1 heterocycles. The van der Waals surface area contributed by atoms with Crippen LogP contribution in [0.25, 0.3) is 0 Å². The van der Waals surface area contributed by atoms with Crippen LogP contribution < -0.4 is 5.32 Å². The van der Waals surface area contributed by atoms with E-state index >= 15 is 0 Å². The Morgan fingerprint density at radius 1 is 1.58 bits per heavy atom. The third kappa shape index (κ3) is 1.97. The number of rotatable bonds is 2. The van der Waals surface area contributed by atoms with Crippen molar-refractivity contribution in [2.24, 2.45) is 5.92 Å². The molecule has 3 unspecified atom stereocenters. The van der Waals surface area contributed by atoms with Crippen molar-refractivity contribution in [1.82, 2.24) is 5.32 Å². The molecule has 0 aromatic heterocycles. The Kier molecular flexibility index (Phi) is 3.09. The van der Waals surface area contributed by atoms with E-state index < -0.39 is 0 Å².